The van der Waals surface area contributed by atoms with Crippen molar-refractivity contribution in [2.45, 2.75) is 133 Å². The van der Waals surface area contributed by atoms with E-state index in [2.05, 4.69) is 169 Å². The van der Waals surface area contributed by atoms with E-state index in [-0.39, 0.29) is 39.7 Å². The van der Waals surface area contributed by atoms with Crippen molar-refractivity contribution in [2.24, 2.45) is 44.9 Å². The zero-order chi connectivity index (χ0) is 90.2. The van der Waals surface area contributed by atoms with Gasteiger partial charge >= 0.3 is 6.18 Å². The van der Waals surface area contributed by atoms with Crippen LogP contribution in [-0.2, 0) is 47.5 Å². The average molecular weight is 1730 g/mol. The third kappa shape index (κ3) is 15.7. The summed E-state index contributed by atoms with van der Waals surface area (Å²) in [6, 6.07) is 56.9. The van der Waals surface area contributed by atoms with Gasteiger partial charge in [0, 0.05) is 68.7 Å². The molecule has 0 radical (unpaired) electrons. The van der Waals surface area contributed by atoms with Gasteiger partial charge in [0.05, 0.1) is 60.0 Å². The molecule has 646 valence electrons. The molecule has 21 rings (SSSR count). The molecule has 0 unspecified atom stereocenters. The molecule has 1 saturated carbocycles. The van der Waals surface area contributed by atoms with Crippen molar-refractivity contribution in [3.8, 4) is 45.0 Å². The molecular weight excluding hydrogens is 1630 g/mol. The number of hydrogen-bond donors (Lipinski definition) is 0. The van der Waals surface area contributed by atoms with Gasteiger partial charge in [-0.3, -0.25) is 0 Å². The summed E-state index contributed by atoms with van der Waals surface area (Å²) in [5, 5.41) is 13.5. The van der Waals surface area contributed by atoms with Crippen LogP contribution in [0.4, 0.5) is 39.5 Å². The number of halogens is 9. The van der Waals surface area contributed by atoms with Crippen molar-refractivity contribution in [1.29, 1.82) is 0 Å². The van der Waals surface area contributed by atoms with Gasteiger partial charge in [-0.1, -0.05) is 171 Å². The molecule has 20 aromatic rings. The zero-order valence-electron chi connectivity index (χ0n) is 73.8. The Balaban J connectivity index is 0.000000115. The molecule has 12 heterocycles. The predicted molar refractivity (Wildman–Crippen MR) is 488 cm³/mol. The first-order valence-electron chi connectivity index (χ1n) is 43.1. The smallest absolute Gasteiger partial charge is 0.394 e. The summed E-state index contributed by atoms with van der Waals surface area (Å²) in [7, 11) is 7.94. The number of fused-ring (bicyclic) bond motifs is 16. The van der Waals surface area contributed by atoms with Crippen molar-refractivity contribution in [1.82, 2.24) is 19.9 Å². The summed E-state index contributed by atoms with van der Waals surface area (Å²) in [6.45, 7) is 21.6. The van der Waals surface area contributed by atoms with Crippen LogP contribution in [0.3, 0.4) is 0 Å². The molecule has 8 aromatic carbocycles. The van der Waals surface area contributed by atoms with Crippen molar-refractivity contribution >= 4 is 131 Å². The minimum atomic E-state index is -4.29. The van der Waals surface area contributed by atoms with Gasteiger partial charge in [0.15, 0.2) is 47.1 Å². The Kier molecular flexibility index (Phi) is 21.9. The van der Waals surface area contributed by atoms with Crippen LogP contribution in [0.5, 0.6) is 0 Å². The van der Waals surface area contributed by atoms with Gasteiger partial charge in [-0.2, -0.15) is 50.7 Å². The third-order valence-electron chi connectivity index (χ3n) is 25.4. The molecule has 1 aliphatic carbocycles. The molecule has 12 nitrogen and oxygen atoms in total. The molecule has 0 amide bonds. The van der Waals surface area contributed by atoms with Gasteiger partial charge in [0.25, 0.3) is 0 Å². The maximum atomic E-state index is 14.6. The summed E-state index contributed by atoms with van der Waals surface area (Å²) in [6.07, 6.45) is 11.1. The fourth-order valence-corrected chi connectivity index (χ4v) is 18.9. The van der Waals surface area contributed by atoms with E-state index >= 15 is 0 Å². The Morgan fingerprint density at radius 3 is 1.05 bits per heavy atom. The Morgan fingerprint density at radius 2 is 0.672 bits per heavy atom. The van der Waals surface area contributed by atoms with Crippen LogP contribution in [0.25, 0.3) is 176 Å². The van der Waals surface area contributed by atoms with Crippen LogP contribution in [0.1, 0.15) is 125 Å². The lowest BCUT2D eigenvalue weighted by Crippen LogP contribution is -2.34. The summed E-state index contributed by atoms with van der Waals surface area (Å²) in [4.78, 5) is 15.4. The first kappa shape index (κ1) is 85.4. The number of furan rings is 4. The number of aromatic nitrogens is 8. The van der Waals surface area contributed by atoms with Crippen molar-refractivity contribution < 1.29 is 75.5 Å². The van der Waals surface area contributed by atoms with Gasteiger partial charge in [-0.25, -0.2) is 27.0 Å². The molecule has 12 aromatic heterocycles. The number of aryl methyl sites for hydroxylation is 8. The van der Waals surface area contributed by atoms with Gasteiger partial charge < -0.3 is 17.7 Å². The van der Waals surface area contributed by atoms with Crippen LogP contribution in [0, 0.1) is 79.9 Å². The fourth-order valence-electron chi connectivity index (χ4n) is 18.9. The molecule has 0 spiro atoms. The molecule has 128 heavy (non-hydrogen) atoms. The summed E-state index contributed by atoms with van der Waals surface area (Å²) in [5.41, 5.74) is 17.4. The van der Waals surface area contributed by atoms with Crippen molar-refractivity contribution in [2.75, 3.05) is 0 Å². The highest BCUT2D eigenvalue weighted by atomic mass is 19.4. The minimum absolute atomic E-state index is 0.0175. The summed E-state index contributed by atoms with van der Waals surface area (Å²) < 4.78 is 157. The molecular formula is C107H95F9N8O4+4. The predicted octanol–water partition coefficient (Wildman–Crippen LogP) is 27.1. The maximum Gasteiger partial charge on any atom is 0.394 e. The highest BCUT2D eigenvalue weighted by Crippen LogP contribution is 2.47. The number of rotatable bonds is 10. The SMILES string of the molecule is Cc1ccc2c(oc3nc(F)cc(F)c32)c1-c1c2ccc(C(C)C)cc2cc[n+]1C.Cc1ccc2c(oc3nc(F)cc(F)c32)c1-c1c2ccc(CC3CCCC3)cc2cc[n+]1C.Cc1ccc2c(oc3nc(F)ccc32)c1-c1c2ccc(CC(C)(C)C(F)(F)F)cc2cc[n+]1C.Cc1ccc2c(oc3nc(F)ccc32)c1-c1c2ccc(CC(C)(C)C)cc2cc[n+]1C. The van der Waals surface area contributed by atoms with Gasteiger partial charge in [0.1, 0.15) is 39.8 Å². The topological polar surface area (TPSA) is 120 Å². The number of benzene rings is 8. The van der Waals surface area contributed by atoms with Gasteiger partial charge in [-0.05, 0) is 179 Å². The Labute approximate surface area is 732 Å². The average Bonchev–Trinajstić information content (AvgIpc) is 1.56. The molecule has 0 saturated heterocycles. The van der Waals surface area contributed by atoms with Crippen LogP contribution in [-0.4, -0.2) is 26.1 Å². The zero-order valence-corrected chi connectivity index (χ0v) is 73.8. The van der Waals surface area contributed by atoms with Crippen LogP contribution >= 0.6 is 0 Å². The molecule has 21 heteroatoms. The quantitative estimate of drug-likeness (QED) is 0.0754. The van der Waals surface area contributed by atoms with E-state index in [4.69, 9.17) is 17.7 Å². The van der Waals surface area contributed by atoms with E-state index in [0.717, 1.165) is 158 Å². The van der Waals surface area contributed by atoms with Crippen LogP contribution in [0.2, 0.25) is 0 Å². The van der Waals surface area contributed by atoms with E-state index in [9.17, 15) is 39.5 Å². The number of alkyl halides is 3. The standard InChI is InChI=1S/C28H25F2N2O.C27H23F4N2O.C27H26FN2O.C25H21F2N2O/c1-16-7-9-21-25-22(29)15-23(30)31-28(25)33-27(21)24(16)26-20-10-8-18(13-17-5-3-4-6-17)14-19(20)11-12-32(26)2;1-15-5-7-19-20-9-10-21(28)32-25(20)34-24(19)22(15)23-18-8-6-16(13-17(18)11-12-33(23)4)14-26(2,3)27(29,30)31;1-16-6-8-20-21-10-11-22(28)29-26(21)31-25(20)23(16)24-19-9-7-17(15-27(2,3)4)14-18(19)12-13-30(24)5;1-13(2)15-6-8-17-16(11-15)9-10-29(4)23(17)21-14(3)5-7-18-22-19(26)12-20(27)28-25(22)30-24(18)21/h7-12,14-15,17H,3-6,13H2,1-2H3;5-13H,14H2,1-4H3;6-14H,15H2,1-5H3;5-13H,1-4H3/q4*+1. The second-order valence-corrected chi connectivity index (χ2v) is 36.6. The van der Waals surface area contributed by atoms with Crippen LogP contribution < -0.4 is 18.3 Å². The molecule has 0 N–H and O–H groups in total. The Morgan fingerprint density at radius 1 is 0.352 bits per heavy atom. The summed E-state index contributed by atoms with van der Waals surface area (Å²) >= 11 is 0. The second kappa shape index (κ2) is 32.8. The van der Waals surface area contributed by atoms with Gasteiger partial charge in [0.2, 0.25) is 69.4 Å². The molecule has 0 bridgehead atoms. The third-order valence-corrected chi connectivity index (χ3v) is 25.4. The number of hydrogen-bond acceptors (Lipinski definition) is 8. The highest BCUT2D eigenvalue weighted by molar-refractivity contribution is 6.15. The van der Waals surface area contributed by atoms with Crippen molar-refractivity contribution in [3.63, 3.8) is 0 Å². The first-order valence-corrected chi connectivity index (χ1v) is 43.1. The largest absolute Gasteiger partial charge is 0.437 e. The Bertz CT molecular complexity index is 7920. The molecule has 0 atom stereocenters. The maximum absolute atomic E-state index is 14.6. The second-order valence-electron chi connectivity index (χ2n) is 36.6. The first-order chi connectivity index (χ1) is 61.0. The lowest BCUT2D eigenvalue weighted by Gasteiger charge is -2.27. The molecule has 1 aliphatic rings. The minimum Gasteiger partial charge on any atom is -0.437 e. The lowest BCUT2D eigenvalue weighted by atomic mass is 9.84. The lowest BCUT2D eigenvalue weighted by molar-refractivity contribution is -0.659. The van der Waals surface area contributed by atoms with E-state index in [0.29, 0.717) is 44.7 Å². The highest BCUT2D eigenvalue weighted by Gasteiger charge is 2.47. The van der Waals surface area contributed by atoms with E-state index < -0.39 is 47.0 Å². The molecule has 1 fully saturated rings. The fraction of sp³-hybridized carbons (Fsp3) is 0.252. The number of nitrogens with zero attached hydrogens (tertiary/aromatic N) is 8. The number of pyridine rings is 8. The summed E-state index contributed by atoms with van der Waals surface area (Å²) in [5.74, 6) is -3.05. The monoisotopic (exact) mass is 1730 g/mol. The normalized spacial score (nSPS) is 13.0. The van der Waals surface area contributed by atoms with E-state index in [1.807, 2.05) is 124 Å². The van der Waals surface area contributed by atoms with E-state index in [1.54, 1.807) is 18.2 Å². The van der Waals surface area contributed by atoms with Crippen LogP contribution in [0.15, 0.2) is 224 Å². The Hall–Kier alpha value is -13.4. The van der Waals surface area contributed by atoms with Gasteiger partial charge in [-0.15, -0.1) is 0 Å². The van der Waals surface area contributed by atoms with E-state index in [1.165, 1.54) is 79.1 Å². The molecule has 0 aliphatic heterocycles. The van der Waals surface area contributed by atoms with Crippen molar-refractivity contribution in [3.05, 3.63) is 287 Å².